The number of benzene rings is 1. The first kappa shape index (κ1) is 18.4. The van der Waals surface area contributed by atoms with Crippen molar-refractivity contribution in [3.05, 3.63) is 77.6 Å². The van der Waals surface area contributed by atoms with Gasteiger partial charge in [-0.3, -0.25) is 9.78 Å². The van der Waals surface area contributed by atoms with Crippen LogP contribution in [0.15, 0.2) is 54.9 Å². The van der Waals surface area contributed by atoms with Crippen molar-refractivity contribution in [3.8, 4) is 5.69 Å². The summed E-state index contributed by atoms with van der Waals surface area (Å²) < 4.78 is 1.88. The summed E-state index contributed by atoms with van der Waals surface area (Å²) in [5, 5.41) is 5.71. The van der Waals surface area contributed by atoms with Crippen molar-refractivity contribution in [1.82, 2.24) is 29.6 Å². The molecule has 0 unspecified atom stereocenters. The number of carbonyl (C=O) groups excluding carboxylic acids is 1. The van der Waals surface area contributed by atoms with E-state index in [2.05, 4.69) is 16.0 Å². The number of nitrogens with zero attached hydrogens (tertiary/aromatic N) is 6. The molecule has 0 spiro atoms. The number of aromatic nitrogens is 5. The van der Waals surface area contributed by atoms with Crippen LogP contribution in [-0.4, -0.2) is 42.1 Å². The van der Waals surface area contributed by atoms with E-state index in [1.807, 2.05) is 59.8 Å². The maximum Gasteiger partial charge on any atom is 0.274 e. The van der Waals surface area contributed by atoms with Gasteiger partial charge in [0.25, 0.3) is 5.91 Å². The molecule has 1 atom stereocenters. The van der Waals surface area contributed by atoms with E-state index >= 15 is 0 Å². The fraction of sp³-hybridized carbons (Fsp3) is 0.261. The Bertz CT molecular complexity index is 1220. The zero-order chi connectivity index (χ0) is 20.7. The lowest BCUT2D eigenvalue weighted by Crippen LogP contribution is -2.31. The summed E-state index contributed by atoms with van der Waals surface area (Å²) in [6.45, 7) is 4.54. The molecule has 1 aliphatic heterocycles. The van der Waals surface area contributed by atoms with Crippen LogP contribution in [0.25, 0.3) is 16.7 Å². The number of hydrogen-bond donors (Lipinski definition) is 0. The number of pyridine rings is 1. The van der Waals surface area contributed by atoms with Crippen LogP contribution in [0.3, 0.4) is 0 Å². The van der Waals surface area contributed by atoms with E-state index in [1.165, 1.54) is 0 Å². The third-order valence-electron chi connectivity index (χ3n) is 5.59. The Hall–Kier alpha value is -3.61. The SMILES string of the molecule is Cc1cnc(C(=O)N2CCC[C@H]2c2ccc3c(C)nn(-c4ccccc4)c3n2)cn1. The van der Waals surface area contributed by atoms with Crippen LogP contribution in [0.1, 0.15) is 46.5 Å². The van der Waals surface area contributed by atoms with Crippen LogP contribution in [0.2, 0.25) is 0 Å². The highest BCUT2D eigenvalue weighted by molar-refractivity contribution is 5.92. The summed E-state index contributed by atoms with van der Waals surface area (Å²) in [5.74, 6) is -0.0976. The van der Waals surface area contributed by atoms with Gasteiger partial charge in [-0.05, 0) is 51.0 Å². The molecule has 5 rings (SSSR count). The Labute approximate surface area is 174 Å². The quantitative estimate of drug-likeness (QED) is 0.525. The number of fused-ring (bicyclic) bond motifs is 1. The highest BCUT2D eigenvalue weighted by atomic mass is 16.2. The Kier molecular flexibility index (Phi) is 4.50. The first-order valence-corrected chi connectivity index (χ1v) is 10.1. The molecule has 0 N–H and O–H groups in total. The molecule has 0 bridgehead atoms. The van der Waals surface area contributed by atoms with Crippen molar-refractivity contribution in [2.45, 2.75) is 32.7 Å². The summed E-state index contributed by atoms with van der Waals surface area (Å²) in [5.41, 5.74) is 4.76. The molecule has 1 aromatic carbocycles. The molecule has 30 heavy (non-hydrogen) atoms. The van der Waals surface area contributed by atoms with Gasteiger partial charge in [-0.2, -0.15) is 5.10 Å². The Morgan fingerprint density at radius 2 is 1.87 bits per heavy atom. The molecular formula is C23H22N6O. The second kappa shape index (κ2) is 7.33. The van der Waals surface area contributed by atoms with Crippen LogP contribution in [-0.2, 0) is 0 Å². The zero-order valence-corrected chi connectivity index (χ0v) is 17.0. The summed E-state index contributed by atoms with van der Waals surface area (Å²) >= 11 is 0. The Morgan fingerprint density at radius 3 is 2.63 bits per heavy atom. The molecule has 0 radical (unpaired) electrons. The monoisotopic (exact) mass is 398 g/mol. The summed E-state index contributed by atoms with van der Waals surface area (Å²) in [6, 6.07) is 14.0. The predicted molar refractivity (Wildman–Crippen MR) is 113 cm³/mol. The molecule has 1 fully saturated rings. The van der Waals surface area contributed by atoms with E-state index in [-0.39, 0.29) is 11.9 Å². The van der Waals surface area contributed by atoms with Crippen molar-refractivity contribution in [2.75, 3.05) is 6.54 Å². The number of amides is 1. The molecule has 4 heterocycles. The normalized spacial score (nSPS) is 16.3. The Balaban J connectivity index is 1.54. The Morgan fingerprint density at radius 1 is 1.03 bits per heavy atom. The highest BCUT2D eigenvalue weighted by Gasteiger charge is 2.32. The van der Waals surface area contributed by atoms with E-state index in [0.717, 1.165) is 46.6 Å². The molecule has 0 aliphatic carbocycles. The van der Waals surface area contributed by atoms with Crippen LogP contribution >= 0.6 is 0 Å². The lowest BCUT2D eigenvalue weighted by molar-refractivity contribution is 0.0726. The maximum atomic E-state index is 13.1. The maximum absolute atomic E-state index is 13.1. The van der Waals surface area contributed by atoms with Crippen molar-refractivity contribution in [2.24, 2.45) is 0 Å². The summed E-state index contributed by atoms with van der Waals surface area (Å²) in [6.07, 6.45) is 5.00. The van der Waals surface area contributed by atoms with E-state index in [4.69, 9.17) is 10.1 Å². The van der Waals surface area contributed by atoms with Crippen molar-refractivity contribution < 1.29 is 4.79 Å². The van der Waals surface area contributed by atoms with Gasteiger partial charge in [0.15, 0.2) is 5.65 Å². The van der Waals surface area contributed by atoms with E-state index in [1.54, 1.807) is 12.4 Å². The van der Waals surface area contributed by atoms with Gasteiger partial charge in [-0.1, -0.05) is 18.2 Å². The van der Waals surface area contributed by atoms with Crippen LogP contribution in [0.5, 0.6) is 0 Å². The molecule has 4 aromatic rings. The molecule has 1 amide bonds. The number of rotatable bonds is 3. The van der Waals surface area contributed by atoms with Crippen molar-refractivity contribution in [1.29, 1.82) is 0 Å². The van der Waals surface area contributed by atoms with Crippen molar-refractivity contribution >= 4 is 16.9 Å². The van der Waals surface area contributed by atoms with Gasteiger partial charge in [0.1, 0.15) is 5.69 Å². The van der Waals surface area contributed by atoms with Gasteiger partial charge in [0, 0.05) is 18.1 Å². The first-order chi connectivity index (χ1) is 14.6. The first-order valence-electron chi connectivity index (χ1n) is 10.1. The minimum atomic E-state index is -0.0976. The second-order valence-corrected chi connectivity index (χ2v) is 7.64. The molecule has 7 nitrogen and oxygen atoms in total. The minimum Gasteiger partial charge on any atom is -0.329 e. The lowest BCUT2D eigenvalue weighted by atomic mass is 10.1. The molecule has 1 saturated heterocycles. The van der Waals surface area contributed by atoms with Crippen molar-refractivity contribution in [3.63, 3.8) is 0 Å². The van der Waals surface area contributed by atoms with Gasteiger partial charge in [0.05, 0.1) is 35.0 Å². The number of aryl methyl sites for hydroxylation is 2. The minimum absolute atomic E-state index is 0.0792. The van der Waals surface area contributed by atoms with Gasteiger partial charge in [-0.15, -0.1) is 0 Å². The number of carbonyl (C=O) groups is 1. The van der Waals surface area contributed by atoms with Gasteiger partial charge >= 0.3 is 0 Å². The standard InChI is InChI=1S/C23H22N6O/c1-15-13-25-20(14-24-15)23(30)28-12-6-9-21(28)19-11-10-18-16(2)27-29(22(18)26-19)17-7-4-3-5-8-17/h3-5,7-8,10-11,13-14,21H,6,9,12H2,1-2H3/t21-/m0/s1. The third kappa shape index (κ3) is 3.12. The zero-order valence-electron chi connectivity index (χ0n) is 17.0. The predicted octanol–water partition coefficient (Wildman–Crippen LogP) is 3.80. The summed E-state index contributed by atoms with van der Waals surface area (Å²) in [7, 11) is 0. The van der Waals surface area contributed by atoms with Crippen LogP contribution < -0.4 is 0 Å². The van der Waals surface area contributed by atoms with E-state index < -0.39 is 0 Å². The number of para-hydroxylation sites is 1. The van der Waals surface area contributed by atoms with Crippen LogP contribution in [0, 0.1) is 13.8 Å². The van der Waals surface area contributed by atoms with E-state index in [0.29, 0.717) is 12.2 Å². The fourth-order valence-corrected chi connectivity index (χ4v) is 4.06. The molecule has 3 aromatic heterocycles. The second-order valence-electron chi connectivity index (χ2n) is 7.64. The molecule has 0 saturated carbocycles. The molecular weight excluding hydrogens is 376 g/mol. The van der Waals surface area contributed by atoms with Gasteiger partial charge in [-0.25, -0.2) is 14.6 Å². The lowest BCUT2D eigenvalue weighted by Gasteiger charge is -2.24. The molecule has 7 heteroatoms. The van der Waals surface area contributed by atoms with Gasteiger partial charge < -0.3 is 4.90 Å². The highest BCUT2D eigenvalue weighted by Crippen LogP contribution is 2.33. The van der Waals surface area contributed by atoms with Crippen LogP contribution in [0.4, 0.5) is 0 Å². The fourth-order valence-electron chi connectivity index (χ4n) is 4.06. The van der Waals surface area contributed by atoms with Gasteiger partial charge in [0.2, 0.25) is 0 Å². The summed E-state index contributed by atoms with van der Waals surface area (Å²) in [4.78, 5) is 28.4. The average molecular weight is 398 g/mol. The number of likely N-dealkylation sites (tertiary alicyclic amines) is 1. The average Bonchev–Trinajstić information content (AvgIpc) is 3.39. The smallest absolute Gasteiger partial charge is 0.274 e. The topological polar surface area (TPSA) is 76.8 Å². The number of hydrogen-bond acceptors (Lipinski definition) is 5. The largest absolute Gasteiger partial charge is 0.329 e. The molecule has 1 aliphatic rings. The third-order valence-corrected chi connectivity index (χ3v) is 5.59. The molecule has 150 valence electrons. The van der Waals surface area contributed by atoms with E-state index in [9.17, 15) is 4.79 Å².